The zero-order valence-electron chi connectivity index (χ0n) is 9.98. The van der Waals surface area contributed by atoms with Crippen molar-refractivity contribution in [2.24, 2.45) is 0 Å². The molecule has 2 N–H and O–H groups in total. The number of benzene rings is 1. The Bertz CT molecular complexity index is 574. The summed E-state index contributed by atoms with van der Waals surface area (Å²) in [5.74, 6) is -0.189. The third kappa shape index (κ3) is 3.83. The highest BCUT2D eigenvalue weighted by atomic mass is 35.5. The van der Waals surface area contributed by atoms with E-state index in [9.17, 15) is 4.79 Å². The minimum atomic E-state index is -0.458. The summed E-state index contributed by atoms with van der Waals surface area (Å²) >= 11 is 13.3. The van der Waals surface area contributed by atoms with Crippen molar-refractivity contribution in [3.8, 4) is 0 Å². The van der Waals surface area contributed by atoms with Crippen molar-refractivity contribution in [3.63, 3.8) is 0 Å². The van der Waals surface area contributed by atoms with E-state index in [-0.39, 0.29) is 5.91 Å². The molecule has 0 fully saturated rings. The molecule has 7 heteroatoms. The quantitative estimate of drug-likeness (QED) is 0.900. The Morgan fingerprint density at radius 2 is 2.21 bits per heavy atom. The molecule has 19 heavy (non-hydrogen) atoms. The van der Waals surface area contributed by atoms with E-state index in [4.69, 9.17) is 23.2 Å². The summed E-state index contributed by atoms with van der Waals surface area (Å²) in [7, 11) is 0. The van der Waals surface area contributed by atoms with Crippen molar-refractivity contribution in [2.45, 2.75) is 13.0 Å². The van der Waals surface area contributed by atoms with Crippen molar-refractivity contribution >= 4 is 51.3 Å². The van der Waals surface area contributed by atoms with E-state index in [1.807, 2.05) is 0 Å². The second-order valence-electron chi connectivity index (χ2n) is 3.82. The van der Waals surface area contributed by atoms with E-state index < -0.39 is 6.04 Å². The van der Waals surface area contributed by atoms with Crippen molar-refractivity contribution in [2.75, 3.05) is 10.6 Å². The number of nitrogens with one attached hydrogen (secondary N) is 2. The highest BCUT2D eigenvalue weighted by molar-refractivity contribution is 7.13. The molecule has 0 radical (unpaired) electrons. The fourth-order valence-corrected chi connectivity index (χ4v) is 2.28. The minimum Gasteiger partial charge on any atom is -0.373 e. The van der Waals surface area contributed by atoms with Gasteiger partial charge in [0.05, 0.1) is 10.7 Å². The molecule has 1 heterocycles. The average molecular weight is 316 g/mol. The molecule has 1 atom stereocenters. The molecule has 1 aromatic heterocycles. The standard InChI is InChI=1S/C12H11Cl2N3OS/c1-7(11(18)17-12-15-4-5-19-12)16-10-6-8(13)2-3-9(10)14/h2-7,16H,1H3,(H,15,17,18)/t7-/m1/s1. The monoisotopic (exact) mass is 315 g/mol. The van der Waals surface area contributed by atoms with Gasteiger partial charge in [0, 0.05) is 16.6 Å². The molecule has 0 saturated heterocycles. The zero-order chi connectivity index (χ0) is 13.8. The van der Waals surface area contributed by atoms with Crippen LogP contribution in [0.25, 0.3) is 0 Å². The van der Waals surface area contributed by atoms with Crippen LogP contribution in [0, 0.1) is 0 Å². The lowest BCUT2D eigenvalue weighted by molar-refractivity contribution is -0.116. The van der Waals surface area contributed by atoms with Crippen LogP contribution in [-0.4, -0.2) is 16.9 Å². The lowest BCUT2D eigenvalue weighted by Gasteiger charge is -2.15. The molecule has 1 aromatic carbocycles. The van der Waals surface area contributed by atoms with Gasteiger partial charge in [0.2, 0.25) is 5.91 Å². The molecular weight excluding hydrogens is 305 g/mol. The smallest absolute Gasteiger partial charge is 0.248 e. The van der Waals surface area contributed by atoms with E-state index in [2.05, 4.69) is 15.6 Å². The van der Waals surface area contributed by atoms with Gasteiger partial charge in [-0.3, -0.25) is 4.79 Å². The second kappa shape index (κ2) is 6.23. The normalized spacial score (nSPS) is 11.9. The molecule has 0 aliphatic heterocycles. The molecule has 0 spiro atoms. The van der Waals surface area contributed by atoms with Crippen LogP contribution in [0.4, 0.5) is 10.8 Å². The molecule has 0 bridgehead atoms. The Hall–Kier alpha value is -1.30. The number of carbonyl (C=O) groups is 1. The molecule has 0 aliphatic carbocycles. The SMILES string of the molecule is C[C@@H](Nc1cc(Cl)ccc1Cl)C(=O)Nc1nccs1. The predicted molar refractivity (Wildman–Crippen MR) is 80.3 cm³/mol. The Labute approximate surface area is 124 Å². The van der Waals surface area contributed by atoms with Crippen molar-refractivity contribution in [1.82, 2.24) is 4.98 Å². The van der Waals surface area contributed by atoms with Crippen LogP contribution in [0.1, 0.15) is 6.92 Å². The van der Waals surface area contributed by atoms with E-state index in [1.54, 1.807) is 36.7 Å². The maximum atomic E-state index is 11.9. The van der Waals surface area contributed by atoms with Crippen LogP contribution >= 0.6 is 34.5 Å². The molecule has 2 aromatic rings. The van der Waals surface area contributed by atoms with Gasteiger partial charge in [-0.05, 0) is 25.1 Å². The predicted octanol–water partition coefficient (Wildman–Crippen LogP) is 3.89. The molecule has 0 saturated carbocycles. The van der Waals surface area contributed by atoms with E-state index in [0.717, 1.165) is 0 Å². The number of anilines is 2. The lowest BCUT2D eigenvalue weighted by Crippen LogP contribution is -2.31. The third-order valence-corrected chi connectivity index (χ3v) is 3.61. The molecule has 2 rings (SSSR count). The van der Waals surface area contributed by atoms with Crippen LogP contribution in [0.3, 0.4) is 0 Å². The van der Waals surface area contributed by atoms with Gasteiger partial charge in [0.15, 0.2) is 5.13 Å². The van der Waals surface area contributed by atoms with Gasteiger partial charge in [0.1, 0.15) is 6.04 Å². The summed E-state index contributed by atoms with van der Waals surface area (Å²) in [6, 6.07) is 4.59. The fourth-order valence-electron chi connectivity index (χ4n) is 1.41. The first kappa shape index (κ1) is 14.1. The van der Waals surface area contributed by atoms with Crippen LogP contribution < -0.4 is 10.6 Å². The van der Waals surface area contributed by atoms with Gasteiger partial charge in [-0.1, -0.05) is 23.2 Å². The van der Waals surface area contributed by atoms with E-state index in [0.29, 0.717) is 20.9 Å². The first-order valence-electron chi connectivity index (χ1n) is 5.48. The maximum absolute atomic E-state index is 11.9. The second-order valence-corrected chi connectivity index (χ2v) is 5.55. The zero-order valence-corrected chi connectivity index (χ0v) is 12.3. The number of amides is 1. The highest BCUT2D eigenvalue weighted by Crippen LogP contribution is 2.26. The molecule has 4 nitrogen and oxygen atoms in total. The minimum absolute atomic E-state index is 0.189. The number of halogens is 2. The van der Waals surface area contributed by atoms with Crippen LogP contribution in [0.5, 0.6) is 0 Å². The topological polar surface area (TPSA) is 54.0 Å². The number of hydrogen-bond acceptors (Lipinski definition) is 4. The Balaban J connectivity index is 2.02. The third-order valence-electron chi connectivity index (χ3n) is 2.36. The summed E-state index contributed by atoms with van der Waals surface area (Å²) in [6.07, 6.45) is 1.63. The lowest BCUT2D eigenvalue weighted by atomic mass is 10.2. The number of rotatable bonds is 4. The number of aromatic nitrogens is 1. The summed E-state index contributed by atoms with van der Waals surface area (Å²) in [5, 5.41) is 9.14. The first-order valence-corrected chi connectivity index (χ1v) is 7.12. The summed E-state index contributed by atoms with van der Waals surface area (Å²) < 4.78 is 0. The molecule has 1 amide bonds. The van der Waals surface area contributed by atoms with Crippen LogP contribution in [0.15, 0.2) is 29.8 Å². The maximum Gasteiger partial charge on any atom is 0.248 e. The fraction of sp³-hybridized carbons (Fsp3) is 0.167. The Kier molecular flexibility index (Phi) is 4.63. The summed E-state index contributed by atoms with van der Waals surface area (Å²) in [6.45, 7) is 1.74. The first-order chi connectivity index (χ1) is 9.06. The van der Waals surface area contributed by atoms with Gasteiger partial charge < -0.3 is 10.6 Å². The molecule has 0 unspecified atom stereocenters. The van der Waals surface area contributed by atoms with Gasteiger partial charge >= 0.3 is 0 Å². The summed E-state index contributed by atoms with van der Waals surface area (Å²) in [4.78, 5) is 15.9. The van der Waals surface area contributed by atoms with Crippen LogP contribution in [0.2, 0.25) is 10.0 Å². The van der Waals surface area contributed by atoms with Gasteiger partial charge in [-0.25, -0.2) is 4.98 Å². The van der Waals surface area contributed by atoms with Gasteiger partial charge in [0.25, 0.3) is 0 Å². The Morgan fingerprint density at radius 1 is 1.42 bits per heavy atom. The van der Waals surface area contributed by atoms with E-state index in [1.165, 1.54) is 11.3 Å². The number of hydrogen-bond donors (Lipinski definition) is 2. The molecule has 0 aliphatic rings. The number of carbonyl (C=O) groups excluding carboxylic acids is 1. The van der Waals surface area contributed by atoms with Crippen molar-refractivity contribution < 1.29 is 4.79 Å². The van der Waals surface area contributed by atoms with Crippen molar-refractivity contribution in [1.29, 1.82) is 0 Å². The van der Waals surface area contributed by atoms with Gasteiger partial charge in [-0.2, -0.15) is 0 Å². The van der Waals surface area contributed by atoms with Gasteiger partial charge in [-0.15, -0.1) is 11.3 Å². The highest BCUT2D eigenvalue weighted by Gasteiger charge is 2.15. The van der Waals surface area contributed by atoms with E-state index >= 15 is 0 Å². The van der Waals surface area contributed by atoms with Crippen LogP contribution in [-0.2, 0) is 4.79 Å². The average Bonchev–Trinajstić information content (AvgIpc) is 2.86. The van der Waals surface area contributed by atoms with Crippen molar-refractivity contribution in [3.05, 3.63) is 39.8 Å². The molecular formula is C12H11Cl2N3OS. The number of nitrogens with zero attached hydrogens (tertiary/aromatic N) is 1. The summed E-state index contributed by atoms with van der Waals surface area (Å²) in [5.41, 5.74) is 0.621. The Morgan fingerprint density at radius 3 is 2.89 bits per heavy atom. The largest absolute Gasteiger partial charge is 0.373 e. The number of thiazole rings is 1. The molecule has 100 valence electrons.